The predicted molar refractivity (Wildman–Crippen MR) is 150 cm³/mol. The first-order chi connectivity index (χ1) is 21.0. The van der Waals surface area contributed by atoms with Crippen LogP contribution in [0.3, 0.4) is 0 Å². The van der Waals surface area contributed by atoms with Crippen molar-refractivity contribution in [2.45, 2.75) is 57.3 Å². The number of rotatable bonds is 5. The topological polar surface area (TPSA) is 113 Å². The average Bonchev–Trinajstić information content (AvgIpc) is 3.65. The van der Waals surface area contributed by atoms with E-state index in [1.54, 1.807) is 23.2 Å². The molecule has 11 nitrogen and oxygen atoms in total. The van der Waals surface area contributed by atoms with Gasteiger partial charge in [-0.3, -0.25) is 14.5 Å². The molecule has 0 radical (unpaired) electrons. The van der Waals surface area contributed by atoms with E-state index >= 15 is 0 Å². The van der Waals surface area contributed by atoms with Gasteiger partial charge in [0.15, 0.2) is 0 Å². The van der Waals surface area contributed by atoms with E-state index in [2.05, 4.69) is 29.1 Å². The van der Waals surface area contributed by atoms with E-state index in [1.807, 2.05) is 0 Å². The lowest BCUT2D eigenvalue weighted by atomic mass is 10.0. The van der Waals surface area contributed by atoms with E-state index in [0.29, 0.717) is 31.0 Å². The summed E-state index contributed by atoms with van der Waals surface area (Å²) in [6.07, 6.45) is -3.38. The standard InChI is InChI=1S/C30H33F3N6O5/c1-18(2)36-9-10-37-22(14-36)17-44-27-8-3-19(30(31,32)33)11-25(27)28(41)38-15-24(12-26(38)29(37)42)43-16-20-13-39(35-34-20)21-4-6-23(40)7-5-21/h3-8,11,13,18,22,24,26,40H,9-10,12,14-17H2,1-2H3/t22-,24+,26-/m0/s1. The Morgan fingerprint density at radius 2 is 1.84 bits per heavy atom. The van der Waals surface area contributed by atoms with Gasteiger partial charge < -0.3 is 24.4 Å². The number of carbonyl (C=O) groups excluding carboxylic acids is 2. The Kier molecular flexibility index (Phi) is 7.97. The zero-order chi connectivity index (χ0) is 31.2. The molecule has 0 aliphatic carbocycles. The maximum absolute atomic E-state index is 14.0. The molecule has 14 heteroatoms. The summed E-state index contributed by atoms with van der Waals surface area (Å²) < 4.78 is 54.6. The summed E-state index contributed by atoms with van der Waals surface area (Å²) >= 11 is 0. The number of aromatic nitrogens is 3. The van der Waals surface area contributed by atoms with Crippen molar-refractivity contribution < 1.29 is 37.3 Å². The molecule has 0 saturated carbocycles. The quantitative estimate of drug-likeness (QED) is 0.467. The summed E-state index contributed by atoms with van der Waals surface area (Å²) in [7, 11) is 0. The van der Waals surface area contributed by atoms with Gasteiger partial charge in [0.05, 0.1) is 41.8 Å². The fourth-order valence-electron chi connectivity index (χ4n) is 5.99. The van der Waals surface area contributed by atoms with Gasteiger partial charge in [-0.25, -0.2) is 4.68 Å². The van der Waals surface area contributed by atoms with Gasteiger partial charge in [-0.05, 0) is 56.3 Å². The third kappa shape index (κ3) is 5.95. The molecule has 2 aromatic carbocycles. The molecular formula is C30H33F3N6O5. The second-order valence-corrected chi connectivity index (χ2v) is 11.6. The van der Waals surface area contributed by atoms with Crippen molar-refractivity contribution in [3.05, 3.63) is 65.5 Å². The van der Waals surface area contributed by atoms with E-state index in [-0.39, 0.29) is 61.2 Å². The van der Waals surface area contributed by atoms with E-state index in [0.717, 1.165) is 12.1 Å². The fraction of sp³-hybridized carbons (Fsp3) is 0.467. The smallest absolute Gasteiger partial charge is 0.416 e. The summed E-state index contributed by atoms with van der Waals surface area (Å²) in [6, 6.07) is 8.28. The molecule has 3 aliphatic rings. The Bertz CT molecular complexity index is 1530. The van der Waals surface area contributed by atoms with Crippen LogP contribution >= 0.6 is 0 Å². The Balaban J connectivity index is 1.26. The minimum absolute atomic E-state index is 0.00759. The van der Waals surface area contributed by atoms with Crippen LogP contribution in [0.15, 0.2) is 48.7 Å². The summed E-state index contributed by atoms with van der Waals surface area (Å²) in [5.74, 6) is -0.814. The van der Waals surface area contributed by atoms with Crippen LogP contribution < -0.4 is 4.74 Å². The molecule has 4 heterocycles. The maximum atomic E-state index is 14.0. The maximum Gasteiger partial charge on any atom is 0.416 e. The normalized spacial score (nSPS) is 22.9. The molecule has 0 unspecified atom stereocenters. The summed E-state index contributed by atoms with van der Waals surface area (Å²) in [6.45, 7) is 5.86. The SMILES string of the molecule is CC(C)N1CCN2C(=O)[C@@H]3C[C@@H](OCc4cn(-c5ccc(O)cc5)nn4)CN3C(=O)c3cc(C(F)(F)F)ccc3OC[C@@H]2C1. The van der Waals surface area contributed by atoms with Crippen LogP contribution in [-0.4, -0.2) is 104 Å². The number of carbonyl (C=O) groups is 2. The van der Waals surface area contributed by atoms with Gasteiger partial charge in [-0.1, -0.05) is 5.21 Å². The summed E-state index contributed by atoms with van der Waals surface area (Å²) in [5, 5.41) is 17.7. The van der Waals surface area contributed by atoms with Crippen LogP contribution in [0.5, 0.6) is 11.5 Å². The molecular weight excluding hydrogens is 581 g/mol. The van der Waals surface area contributed by atoms with Gasteiger partial charge in [0.25, 0.3) is 5.91 Å². The lowest BCUT2D eigenvalue weighted by molar-refractivity contribution is -0.142. The predicted octanol–water partition coefficient (Wildman–Crippen LogP) is 3.11. The monoisotopic (exact) mass is 614 g/mol. The molecule has 44 heavy (non-hydrogen) atoms. The number of phenolic OH excluding ortho intramolecular Hbond substituents is 1. The highest BCUT2D eigenvalue weighted by Crippen LogP contribution is 2.36. The van der Waals surface area contributed by atoms with Crippen molar-refractivity contribution >= 4 is 11.8 Å². The highest BCUT2D eigenvalue weighted by Gasteiger charge is 2.46. The Morgan fingerprint density at radius 3 is 2.57 bits per heavy atom. The van der Waals surface area contributed by atoms with Gasteiger partial charge in [0.1, 0.15) is 29.8 Å². The van der Waals surface area contributed by atoms with Crippen LogP contribution in [-0.2, 0) is 22.3 Å². The number of ether oxygens (including phenoxy) is 2. The zero-order valence-corrected chi connectivity index (χ0v) is 24.3. The molecule has 2 amide bonds. The van der Waals surface area contributed by atoms with Crippen LogP contribution in [0, 0.1) is 0 Å². The van der Waals surface area contributed by atoms with Gasteiger partial charge in [0.2, 0.25) is 5.91 Å². The number of aromatic hydroxyl groups is 1. The van der Waals surface area contributed by atoms with Crippen LogP contribution in [0.2, 0.25) is 0 Å². The second kappa shape index (κ2) is 11.7. The number of phenols is 1. The molecule has 1 N–H and O–H groups in total. The Hall–Kier alpha value is -4.17. The van der Waals surface area contributed by atoms with E-state index < -0.39 is 29.8 Å². The molecule has 234 valence electrons. The Labute approximate surface area is 251 Å². The molecule has 2 fully saturated rings. The van der Waals surface area contributed by atoms with Crippen molar-refractivity contribution in [3.8, 4) is 17.2 Å². The summed E-state index contributed by atoms with van der Waals surface area (Å²) in [5.41, 5.74) is -0.0223. The number of hydrogen-bond donors (Lipinski definition) is 1. The highest BCUT2D eigenvalue weighted by molar-refractivity contribution is 6.00. The number of nitrogens with zero attached hydrogens (tertiary/aromatic N) is 6. The molecule has 6 rings (SSSR count). The first-order valence-electron chi connectivity index (χ1n) is 14.5. The molecule has 0 bridgehead atoms. The molecule has 1 aromatic heterocycles. The first-order valence-corrected chi connectivity index (χ1v) is 14.5. The molecule has 3 aliphatic heterocycles. The van der Waals surface area contributed by atoms with Crippen LogP contribution in [0.25, 0.3) is 5.69 Å². The average molecular weight is 615 g/mol. The first kappa shape index (κ1) is 29.9. The van der Waals surface area contributed by atoms with Crippen LogP contribution in [0.4, 0.5) is 13.2 Å². The number of benzene rings is 2. The number of piperazine rings is 1. The van der Waals surface area contributed by atoms with E-state index in [9.17, 15) is 27.9 Å². The van der Waals surface area contributed by atoms with Crippen molar-refractivity contribution in [1.82, 2.24) is 29.7 Å². The molecule has 3 atom stereocenters. The van der Waals surface area contributed by atoms with E-state index in [1.165, 1.54) is 27.8 Å². The highest BCUT2D eigenvalue weighted by atomic mass is 19.4. The van der Waals surface area contributed by atoms with Gasteiger partial charge in [0, 0.05) is 38.6 Å². The zero-order valence-electron chi connectivity index (χ0n) is 24.3. The van der Waals surface area contributed by atoms with Gasteiger partial charge in [-0.2, -0.15) is 13.2 Å². The van der Waals surface area contributed by atoms with Gasteiger partial charge in [-0.15, -0.1) is 5.10 Å². The number of hydrogen-bond acceptors (Lipinski definition) is 8. The van der Waals surface area contributed by atoms with Crippen molar-refractivity contribution in [3.63, 3.8) is 0 Å². The van der Waals surface area contributed by atoms with Crippen molar-refractivity contribution in [2.75, 3.05) is 32.8 Å². The van der Waals surface area contributed by atoms with Crippen molar-refractivity contribution in [2.24, 2.45) is 0 Å². The van der Waals surface area contributed by atoms with Crippen LogP contribution in [0.1, 0.15) is 41.9 Å². The van der Waals surface area contributed by atoms with E-state index in [4.69, 9.17) is 9.47 Å². The van der Waals surface area contributed by atoms with Crippen molar-refractivity contribution in [1.29, 1.82) is 0 Å². The second-order valence-electron chi connectivity index (χ2n) is 11.6. The fourth-order valence-corrected chi connectivity index (χ4v) is 5.99. The summed E-state index contributed by atoms with van der Waals surface area (Å²) in [4.78, 5) is 33.2. The van der Waals surface area contributed by atoms with Gasteiger partial charge >= 0.3 is 6.18 Å². The number of alkyl halides is 3. The molecule has 2 saturated heterocycles. The Morgan fingerprint density at radius 1 is 1.07 bits per heavy atom. The lowest BCUT2D eigenvalue weighted by Crippen LogP contribution is -2.62. The third-order valence-electron chi connectivity index (χ3n) is 8.43. The third-order valence-corrected chi connectivity index (χ3v) is 8.43. The largest absolute Gasteiger partial charge is 0.508 e. The number of amides is 2. The molecule has 3 aromatic rings. The number of halogens is 3. The minimum Gasteiger partial charge on any atom is -0.508 e. The lowest BCUT2D eigenvalue weighted by Gasteiger charge is -2.44. The molecule has 0 spiro atoms. The minimum atomic E-state index is -4.66. The number of fused-ring (bicyclic) bond motifs is 3.